The van der Waals surface area contributed by atoms with Crippen LogP contribution in [0.5, 0.6) is 0 Å². The molecular weight excluding hydrogens is 623 g/mol. The van der Waals surface area contributed by atoms with Gasteiger partial charge in [-0.3, -0.25) is 4.57 Å². The summed E-state index contributed by atoms with van der Waals surface area (Å²) in [4.78, 5) is 21.7. The van der Waals surface area contributed by atoms with E-state index in [-0.39, 0.29) is 5.92 Å². The minimum atomic E-state index is 0.242. The number of benzene rings is 4. The third kappa shape index (κ3) is 4.49. The van der Waals surface area contributed by atoms with Gasteiger partial charge in [0.25, 0.3) is 0 Å². The average molecular weight is 654 g/mol. The number of allylic oxidation sites excluding steroid dienone is 6. The monoisotopic (exact) mass is 653 g/mol. The molecule has 0 spiro atoms. The molecule has 3 aromatic heterocycles. The van der Waals surface area contributed by atoms with E-state index in [0.29, 0.717) is 28.8 Å². The van der Waals surface area contributed by atoms with Crippen molar-refractivity contribution in [2.24, 2.45) is 11.8 Å². The average Bonchev–Trinajstić information content (AvgIpc) is 3.84. The second-order valence-corrected chi connectivity index (χ2v) is 14.3. The Kier molecular flexibility index (Phi) is 6.40. The van der Waals surface area contributed by atoms with E-state index in [4.69, 9.17) is 24.4 Å². The van der Waals surface area contributed by atoms with E-state index < -0.39 is 0 Å². The second kappa shape index (κ2) is 11.0. The van der Waals surface area contributed by atoms with Crippen LogP contribution >= 0.6 is 11.8 Å². The van der Waals surface area contributed by atoms with Crippen molar-refractivity contribution in [2.75, 3.05) is 0 Å². The molecule has 10 rings (SSSR count). The number of aromatic nitrogens is 5. The van der Waals surface area contributed by atoms with E-state index in [0.717, 1.165) is 61.9 Å². The molecule has 0 amide bonds. The molecule has 7 heteroatoms. The van der Waals surface area contributed by atoms with Gasteiger partial charge in [0, 0.05) is 43.5 Å². The zero-order valence-corrected chi connectivity index (χ0v) is 27.9. The SMILES string of the molecule is CC1CC=CC2=C1C1=CC=C(c3nc(-c4ccccc4)nc(-c4ccc5c(c4)c4ccccc4n5-c4nc5ccccc5o4)n3)C(C)C1S2. The lowest BCUT2D eigenvalue weighted by molar-refractivity contribution is 0.574. The zero-order chi connectivity index (χ0) is 32.6. The van der Waals surface area contributed by atoms with Crippen LogP contribution in [-0.2, 0) is 0 Å². The van der Waals surface area contributed by atoms with Crippen molar-refractivity contribution in [2.45, 2.75) is 25.5 Å². The summed E-state index contributed by atoms with van der Waals surface area (Å²) >= 11 is 1.99. The summed E-state index contributed by atoms with van der Waals surface area (Å²) in [6.45, 7) is 4.67. The Morgan fingerprint density at radius 2 is 1.43 bits per heavy atom. The highest BCUT2D eigenvalue weighted by Gasteiger charge is 2.39. The maximum atomic E-state index is 6.27. The Balaban J connectivity index is 1.13. The molecule has 0 saturated carbocycles. The fourth-order valence-electron chi connectivity index (χ4n) is 7.67. The van der Waals surface area contributed by atoms with Crippen LogP contribution in [-0.4, -0.2) is 29.8 Å². The van der Waals surface area contributed by atoms with Crippen molar-refractivity contribution < 1.29 is 4.42 Å². The van der Waals surface area contributed by atoms with Crippen molar-refractivity contribution in [3.63, 3.8) is 0 Å². The summed E-state index contributed by atoms with van der Waals surface area (Å²) in [5.74, 6) is 2.84. The van der Waals surface area contributed by atoms with E-state index in [2.05, 4.69) is 97.3 Å². The molecule has 236 valence electrons. The van der Waals surface area contributed by atoms with Gasteiger partial charge in [-0.2, -0.15) is 4.98 Å². The normalized spacial score (nSPS) is 20.2. The maximum absolute atomic E-state index is 6.27. The van der Waals surface area contributed by atoms with Gasteiger partial charge in [-0.05, 0) is 59.9 Å². The predicted octanol–water partition coefficient (Wildman–Crippen LogP) is 10.4. The highest BCUT2D eigenvalue weighted by molar-refractivity contribution is 8.04. The van der Waals surface area contributed by atoms with Gasteiger partial charge >= 0.3 is 6.01 Å². The number of fused-ring (bicyclic) bond motifs is 6. The van der Waals surface area contributed by atoms with Crippen molar-refractivity contribution >= 4 is 50.2 Å². The Bertz CT molecular complexity index is 2570. The van der Waals surface area contributed by atoms with Crippen LogP contribution in [0, 0.1) is 11.8 Å². The number of nitrogens with zero attached hydrogens (tertiary/aromatic N) is 5. The molecule has 6 nitrogen and oxygen atoms in total. The first-order chi connectivity index (χ1) is 24.1. The number of oxazole rings is 1. The Morgan fingerprint density at radius 1 is 0.694 bits per heavy atom. The molecule has 3 aliphatic rings. The van der Waals surface area contributed by atoms with Crippen LogP contribution < -0.4 is 0 Å². The molecule has 2 aliphatic carbocycles. The van der Waals surface area contributed by atoms with E-state index in [9.17, 15) is 0 Å². The number of para-hydroxylation sites is 3. The van der Waals surface area contributed by atoms with Gasteiger partial charge < -0.3 is 4.42 Å². The van der Waals surface area contributed by atoms with Gasteiger partial charge in [0.2, 0.25) is 0 Å². The first kappa shape index (κ1) is 28.5. The van der Waals surface area contributed by atoms with E-state index >= 15 is 0 Å². The quantitative estimate of drug-likeness (QED) is 0.188. The van der Waals surface area contributed by atoms with Crippen LogP contribution in [0.4, 0.5) is 0 Å². The van der Waals surface area contributed by atoms with Crippen molar-refractivity contribution in [1.29, 1.82) is 0 Å². The summed E-state index contributed by atoms with van der Waals surface area (Å²) < 4.78 is 8.37. The van der Waals surface area contributed by atoms with Crippen LogP contribution in [0.3, 0.4) is 0 Å². The molecule has 3 atom stereocenters. The molecule has 0 saturated heterocycles. The third-order valence-electron chi connectivity index (χ3n) is 10.1. The van der Waals surface area contributed by atoms with Gasteiger partial charge in [-0.25, -0.2) is 15.0 Å². The Labute approximate surface area is 287 Å². The molecule has 3 unspecified atom stereocenters. The summed E-state index contributed by atoms with van der Waals surface area (Å²) in [7, 11) is 0. The molecule has 1 aliphatic heterocycles. The van der Waals surface area contributed by atoms with E-state index in [1.807, 2.05) is 54.2 Å². The van der Waals surface area contributed by atoms with Gasteiger partial charge in [-0.1, -0.05) is 98.8 Å². The maximum Gasteiger partial charge on any atom is 0.307 e. The molecule has 0 radical (unpaired) electrons. The van der Waals surface area contributed by atoms with Crippen LogP contribution in [0.25, 0.3) is 67.3 Å². The van der Waals surface area contributed by atoms with E-state index in [1.165, 1.54) is 16.1 Å². The number of rotatable bonds is 4. The van der Waals surface area contributed by atoms with Gasteiger partial charge in [0.05, 0.1) is 11.0 Å². The smallest absolute Gasteiger partial charge is 0.307 e. The highest BCUT2D eigenvalue weighted by atomic mass is 32.2. The molecule has 0 fully saturated rings. The fourth-order valence-corrected chi connectivity index (χ4v) is 9.24. The molecule has 0 bridgehead atoms. The predicted molar refractivity (Wildman–Crippen MR) is 199 cm³/mol. The Hall–Kier alpha value is -5.53. The van der Waals surface area contributed by atoms with Gasteiger partial charge in [-0.15, -0.1) is 11.8 Å². The lowest BCUT2D eigenvalue weighted by Gasteiger charge is -2.28. The number of hydrogen-bond donors (Lipinski definition) is 0. The molecule has 0 N–H and O–H groups in total. The first-order valence-corrected chi connectivity index (χ1v) is 17.7. The lowest BCUT2D eigenvalue weighted by Crippen LogP contribution is -2.21. The summed E-state index contributed by atoms with van der Waals surface area (Å²) in [6.07, 6.45) is 10.3. The third-order valence-corrected chi connectivity index (χ3v) is 11.6. The topological polar surface area (TPSA) is 69.6 Å². The molecule has 49 heavy (non-hydrogen) atoms. The van der Waals surface area contributed by atoms with E-state index in [1.54, 1.807) is 0 Å². The lowest BCUT2D eigenvalue weighted by atomic mass is 9.79. The van der Waals surface area contributed by atoms with Crippen molar-refractivity contribution in [3.8, 4) is 28.8 Å². The molecule has 4 heterocycles. The first-order valence-electron chi connectivity index (χ1n) is 16.8. The molecular formula is C42H31N5OS. The minimum absolute atomic E-state index is 0.242. The number of hydrogen-bond acceptors (Lipinski definition) is 6. The largest absolute Gasteiger partial charge is 0.423 e. The minimum Gasteiger partial charge on any atom is -0.423 e. The van der Waals surface area contributed by atoms with Crippen LogP contribution in [0.2, 0.25) is 0 Å². The summed E-state index contributed by atoms with van der Waals surface area (Å²) in [6, 6.07) is 33.4. The molecule has 7 aromatic rings. The molecule has 4 aromatic carbocycles. The van der Waals surface area contributed by atoms with Gasteiger partial charge in [0.1, 0.15) is 5.52 Å². The van der Waals surface area contributed by atoms with Crippen molar-refractivity contribution in [1.82, 2.24) is 24.5 Å². The Morgan fingerprint density at radius 3 is 2.31 bits per heavy atom. The van der Waals surface area contributed by atoms with Gasteiger partial charge in [0.15, 0.2) is 23.1 Å². The number of thioether (sulfide) groups is 1. The second-order valence-electron chi connectivity index (χ2n) is 13.1. The standard InChI is InChI=1S/C42H31N5OS/c1-24-11-10-18-36-37(24)30-21-20-28(25(2)38(30)49-36)41-45-39(26-12-4-3-5-13-26)44-40(46-41)27-19-22-34-31(23-27)29-14-6-8-16-33(29)47(34)42-43-32-15-7-9-17-35(32)48-42/h3-10,12-25,38H,11H2,1-2H3. The highest BCUT2D eigenvalue weighted by Crippen LogP contribution is 2.54. The summed E-state index contributed by atoms with van der Waals surface area (Å²) in [5, 5.41) is 2.54. The summed E-state index contributed by atoms with van der Waals surface area (Å²) in [5.41, 5.74) is 9.65. The van der Waals surface area contributed by atoms with Crippen molar-refractivity contribution in [3.05, 3.63) is 143 Å². The van der Waals surface area contributed by atoms with Crippen LogP contribution in [0.15, 0.2) is 142 Å². The fraction of sp³-hybridized carbons (Fsp3) is 0.143. The zero-order valence-electron chi connectivity index (χ0n) is 27.0. The van der Waals surface area contributed by atoms with Crippen LogP contribution in [0.1, 0.15) is 26.1 Å².